The zero-order valence-corrected chi connectivity index (χ0v) is 17.4. The van der Waals surface area contributed by atoms with E-state index in [4.69, 9.17) is 9.47 Å². The molecule has 0 saturated carbocycles. The number of rotatable bonds is 7. The van der Waals surface area contributed by atoms with E-state index in [0.717, 1.165) is 36.5 Å². The predicted molar refractivity (Wildman–Crippen MR) is 111 cm³/mol. The predicted octanol–water partition coefficient (Wildman–Crippen LogP) is 0.991. The lowest BCUT2D eigenvalue weighted by molar-refractivity contribution is -0.137. The van der Waals surface area contributed by atoms with Crippen LogP contribution >= 0.6 is 0 Å². The fraction of sp³-hybridized carbons (Fsp3) is 0.545. The Kier molecular flexibility index (Phi) is 6.66. The second-order valence-electron chi connectivity index (χ2n) is 8.19. The molecular weight excluding hydrogens is 384 g/mol. The monoisotopic (exact) mass is 414 g/mol. The summed E-state index contributed by atoms with van der Waals surface area (Å²) < 4.78 is 10.9. The minimum absolute atomic E-state index is 0.00780. The molecule has 30 heavy (non-hydrogen) atoms. The maximum Gasteiger partial charge on any atom is 0.260 e. The highest BCUT2D eigenvalue weighted by atomic mass is 16.5. The number of amides is 1. The van der Waals surface area contributed by atoms with Gasteiger partial charge in [-0.3, -0.25) is 14.8 Å². The first-order chi connectivity index (χ1) is 14.6. The van der Waals surface area contributed by atoms with E-state index in [-0.39, 0.29) is 24.5 Å². The molecule has 8 nitrogen and oxygen atoms in total. The van der Waals surface area contributed by atoms with E-state index in [9.17, 15) is 9.90 Å². The highest BCUT2D eigenvalue weighted by Gasteiger charge is 2.31. The van der Waals surface area contributed by atoms with Crippen LogP contribution in [0.4, 0.5) is 0 Å². The first-order valence-corrected chi connectivity index (χ1v) is 10.6. The Balaban J connectivity index is 1.24. The molecule has 2 aliphatic heterocycles. The number of carbonyl (C=O) groups excluding carboxylic acids is 1. The normalized spacial score (nSPS) is 22.4. The molecule has 162 valence electrons. The second-order valence-corrected chi connectivity index (χ2v) is 8.19. The Morgan fingerprint density at radius 1 is 1.27 bits per heavy atom. The van der Waals surface area contributed by atoms with Crippen LogP contribution in [0.3, 0.4) is 0 Å². The number of nitrogens with one attached hydrogen (secondary N) is 1. The highest BCUT2D eigenvalue weighted by Crippen LogP contribution is 2.23. The summed E-state index contributed by atoms with van der Waals surface area (Å²) in [6.07, 6.45) is 0.446. The summed E-state index contributed by atoms with van der Waals surface area (Å²) >= 11 is 0. The van der Waals surface area contributed by atoms with Crippen molar-refractivity contribution in [2.24, 2.45) is 5.92 Å². The minimum Gasteiger partial charge on any atom is -0.484 e. The van der Waals surface area contributed by atoms with Gasteiger partial charge < -0.3 is 19.5 Å². The van der Waals surface area contributed by atoms with E-state index in [1.54, 1.807) is 4.90 Å². The van der Waals surface area contributed by atoms with Crippen LogP contribution < -0.4 is 4.74 Å². The number of benzene rings is 1. The van der Waals surface area contributed by atoms with E-state index in [2.05, 4.69) is 15.1 Å². The largest absolute Gasteiger partial charge is 0.484 e. The minimum atomic E-state index is -0.337. The fourth-order valence-electron chi connectivity index (χ4n) is 4.12. The number of aromatic nitrogens is 2. The zero-order valence-electron chi connectivity index (χ0n) is 17.4. The van der Waals surface area contributed by atoms with Gasteiger partial charge in [-0.05, 0) is 37.1 Å². The van der Waals surface area contributed by atoms with Crippen molar-refractivity contribution in [3.8, 4) is 5.75 Å². The molecule has 1 aromatic heterocycles. The van der Waals surface area contributed by atoms with Crippen molar-refractivity contribution in [1.29, 1.82) is 0 Å². The van der Waals surface area contributed by atoms with Gasteiger partial charge in [0.15, 0.2) is 6.61 Å². The molecule has 0 unspecified atom stereocenters. The molecule has 2 saturated heterocycles. The van der Waals surface area contributed by atoms with Crippen LogP contribution in [-0.2, 0) is 22.5 Å². The van der Waals surface area contributed by atoms with Crippen LogP contribution in [0.2, 0.25) is 0 Å². The van der Waals surface area contributed by atoms with Crippen molar-refractivity contribution in [2.45, 2.75) is 26.0 Å². The molecule has 8 heteroatoms. The lowest BCUT2D eigenvalue weighted by atomic mass is 10.0. The van der Waals surface area contributed by atoms with Gasteiger partial charge in [0.25, 0.3) is 5.91 Å². The molecule has 2 aromatic rings. The van der Waals surface area contributed by atoms with Crippen molar-refractivity contribution in [1.82, 2.24) is 20.0 Å². The number of aryl methyl sites for hydroxylation is 1. The number of aliphatic hydroxyl groups excluding tert-OH is 1. The van der Waals surface area contributed by atoms with Gasteiger partial charge in [0.2, 0.25) is 0 Å². The highest BCUT2D eigenvalue weighted by molar-refractivity contribution is 5.77. The number of aliphatic hydroxyl groups is 1. The van der Waals surface area contributed by atoms with Gasteiger partial charge in [-0.2, -0.15) is 5.10 Å². The summed E-state index contributed by atoms with van der Waals surface area (Å²) in [6.45, 7) is 6.76. The third kappa shape index (κ3) is 5.38. The van der Waals surface area contributed by atoms with Crippen LogP contribution in [0.25, 0.3) is 0 Å². The van der Waals surface area contributed by atoms with E-state index >= 15 is 0 Å². The Bertz CT molecular complexity index is 832. The maximum atomic E-state index is 12.2. The van der Waals surface area contributed by atoms with E-state index < -0.39 is 0 Å². The van der Waals surface area contributed by atoms with Crippen molar-refractivity contribution >= 4 is 5.91 Å². The summed E-state index contributed by atoms with van der Waals surface area (Å²) in [4.78, 5) is 16.2. The number of aromatic amines is 1. The lowest BCUT2D eigenvalue weighted by Crippen LogP contribution is -2.42. The number of carbonyl (C=O) groups is 1. The molecule has 3 heterocycles. The van der Waals surface area contributed by atoms with Gasteiger partial charge in [0.05, 0.1) is 25.0 Å². The lowest BCUT2D eigenvalue weighted by Gasteiger charge is -2.26. The van der Waals surface area contributed by atoms with E-state index in [0.29, 0.717) is 38.6 Å². The van der Waals surface area contributed by atoms with Gasteiger partial charge in [0, 0.05) is 44.3 Å². The first-order valence-electron chi connectivity index (χ1n) is 10.6. The number of H-pyrrole nitrogens is 1. The van der Waals surface area contributed by atoms with Crippen LogP contribution in [-0.4, -0.2) is 83.1 Å². The first kappa shape index (κ1) is 20.8. The number of hydrogen-bond acceptors (Lipinski definition) is 6. The Morgan fingerprint density at radius 3 is 2.73 bits per heavy atom. The summed E-state index contributed by atoms with van der Waals surface area (Å²) in [5.74, 6) is 0.877. The van der Waals surface area contributed by atoms with Crippen LogP contribution in [0.1, 0.15) is 17.0 Å². The summed E-state index contributed by atoms with van der Waals surface area (Å²) in [7, 11) is 0. The van der Waals surface area contributed by atoms with Gasteiger partial charge in [-0.15, -0.1) is 0 Å². The molecule has 4 rings (SSSR count). The van der Waals surface area contributed by atoms with Gasteiger partial charge in [-0.1, -0.05) is 12.1 Å². The topological polar surface area (TPSA) is 90.9 Å². The van der Waals surface area contributed by atoms with Crippen LogP contribution in [0.5, 0.6) is 5.75 Å². The van der Waals surface area contributed by atoms with Crippen molar-refractivity contribution in [3.63, 3.8) is 0 Å². The smallest absolute Gasteiger partial charge is 0.260 e. The molecule has 0 bridgehead atoms. The van der Waals surface area contributed by atoms with Crippen molar-refractivity contribution in [2.75, 3.05) is 46.0 Å². The zero-order chi connectivity index (χ0) is 20.9. The van der Waals surface area contributed by atoms with Crippen molar-refractivity contribution in [3.05, 3.63) is 47.3 Å². The number of morpholine rings is 1. The van der Waals surface area contributed by atoms with Gasteiger partial charge in [-0.25, -0.2) is 0 Å². The third-order valence-electron chi connectivity index (χ3n) is 5.77. The summed E-state index contributed by atoms with van der Waals surface area (Å²) in [5, 5.41) is 17.7. The third-order valence-corrected chi connectivity index (χ3v) is 5.77. The number of nitrogens with zero attached hydrogens (tertiary/aromatic N) is 3. The van der Waals surface area contributed by atoms with Crippen LogP contribution in [0, 0.1) is 12.8 Å². The van der Waals surface area contributed by atoms with E-state index in [1.165, 1.54) is 0 Å². The SMILES string of the molecule is Cc1cc(C[C@@H]2CN(Cc3ccc(OCC(=O)N4CCOCC4)cc3)C[C@@H]2O)n[nH]1. The van der Waals surface area contributed by atoms with Gasteiger partial charge >= 0.3 is 0 Å². The Labute approximate surface area is 176 Å². The average Bonchev–Trinajstić information content (AvgIpc) is 3.32. The molecule has 2 atom stereocenters. The quantitative estimate of drug-likeness (QED) is 0.702. The maximum absolute atomic E-state index is 12.2. The standard InChI is InChI=1S/C22H30N4O4/c1-16-10-19(24-23-16)11-18-13-25(14-21(18)27)12-17-2-4-20(5-3-17)30-15-22(28)26-6-8-29-9-7-26/h2-5,10,18,21,27H,6-9,11-15H2,1H3,(H,23,24)/t18-,21+/m1/s1. The number of β-amino-alcohol motifs (C(OH)–C–C–N with tert-alkyl or cyclic N) is 1. The molecule has 2 fully saturated rings. The average molecular weight is 415 g/mol. The summed E-state index contributed by atoms with van der Waals surface area (Å²) in [5.41, 5.74) is 3.21. The molecule has 0 radical (unpaired) electrons. The second kappa shape index (κ2) is 9.59. The fourth-order valence-corrected chi connectivity index (χ4v) is 4.12. The molecule has 2 aliphatic rings. The number of likely N-dealkylation sites (tertiary alicyclic amines) is 1. The molecule has 1 aromatic carbocycles. The Hall–Kier alpha value is -2.42. The molecule has 2 N–H and O–H groups in total. The van der Waals surface area contributed by atoms with Crippen molar-refractivity contribution < 1.29 is 19.4 Å². The number of ether oxygens (including phenoxy) is 2. The molecular formula is C22H30N4O4. The molecule has 1 amide bonds. The summed E-state index contributed by atoms with van der Waals surface area (Å²) in [6, 6.07) is 9.88. The van der Waals surface area contributed by atoms with Gasteiger partial charge in [0.1, 0.15) is 5.75 Å². The van der Waals surface area contributed by atoms with E-state index in [1.807, 2.05) is 37.3 Å². The van der Waals surface area contributed by atoms with Crippen LogP contribution in [0.15, 0.2) is 30.3 Å². The molecule has 0 spiro atoms. The Morgan fingerprint density at radius 2 is 2.03 bits per heavy atom. The number of hydrogen-bond donors (Lipinski definition) is 2. The molecule has 0 aliphatic carbocycles.